The Morgan fingerprint density at radius 3 is 2.44 bits per heavy atom. The molecule has 0 aliphatic carbocycles. The SMILES string of the molecule is COc1c(Cl)c(OC)c(CNC(N)=O)c(O)c1Br. The van der Waals surface area contributed by atoms with Crippen molar-refractivity contribution in [3.63, 3.8) is 0 Å². The lowest BCUT2D eigenvalue weighted by atomic mass is 10.1. The summed E-state index contributed by atoms with van der Waals surface area (Å²) in [4.78, 5) is 10.7. The number of hydrogen-bond donors (Lipinski definition) is 3. The van der Waals surface area contributed by atoms with Gasteiger partial charge in [0.25, 0.3) is 0 Å². The Morgan fingerprint density at radius 2 is 2.00 bits per heavy atom. The van der Waals surface area contributed by atoms with Crippen molar-refractivity contribution in [2.24, 2.45) is 5.73 Å². The average molecular weight is 340 g/mol. The molecule has 0 radical (unpaired) electrons. The number of carbonyl (C=O) groups excluding carboxylic acids is 1. The molecule has 0 aliphatic rings. The van der Waals surface area contributed by atoms with E-state index in [0.29, 0.717) is 5.56 Å². The van der Waals surface area contributed by atoms with Crippen LogP contribution in [0, 0.1) is 0 Å². The van der Waals surface area contributed by atoms with Gasteiger partial charge in [0.05, 0.1) is 26.3 Å². The normalized spacial score (nSPS) is 10.0. The molecule has 0 saturated heterocycles. The lowest BCUT2D eigenvalue weighted by molar-refractivity contribution is 0.248. The third kappa shape index (κ3) is 2.73. The molecule has 0 fully saturated rings. The van der Waals surface area contributed by atoms with Crippen molar-refractivity contribution in [1.29, 1.82) is 0 Å². The zero-order valence-electron chi connectivity index (χ0n) is 9.71. The van der Waals surface area contributed by atoms with E-state index in [4.69, 9.17) is 26.8 Å². The Morgan fingerprint density at radius 1 is 1.44 bits per heavy atom. The van der Waals surface area contributed by atoms with Gasteiger partial charge in [-0.1, -0.05) is 11.6 Å². The highest BCUT2D eigenvalue weighted by Gasteiger charge is 2.23. The molecule has 0 bridgehead atoms. The van der Waals surface area contributed by atoms with E-state index >= 15 is 0 Å². The number of primary amides is 1. The monoisotopic (exact) mass is 338 g/mol. The minimum atomic E-state index is -0.723. The number of amides is 2. The van der Waals surface area contributed by atoms with Gasteiger partial charge in [-0.15, -0.1) is 0 Å². The van der Waals surface area contributed by atoms with Crippen molar-refractivity contribution in [1.82, 2.24) is 5.32 Å². The topological polar surface area (TPSA) is 93.8 Å². The maximum Gasteiger partial charge on any atom is 0.312 e. The average Bonchev–Trinajstić information content (AvgIpc) is 2.32. The minimum Gasteiger partial charge on any atom is -0.506 e. The lowest BCUT2D eigenvalue weighted by Crippen LogP contribution is -2.28. The van der Waals surface area contributed by atoms with Gasteiger partial charge in [-0.05, 0) is 15.9 Å². The summed E-state index contributed by atoms with van der Waals surface area (Å²) < 4.78 is 10.4. The molecule has 0 atom stereocenters. The number of ether oxygens (including phenoxy) is 2. The molecule has 18 heavy (non-hydrogen) atoms. The molecule has 4 N–H and O–H groups in total. The summed E-state index contributed by atoms with van der Waals surface area (Å²) in [5, 5.41) is 12.5. The first-order chi connectivity index (χ1) is 8.43. The number of nitrogens with one attached hydrogen (secondary N) is 1. The molecule has 100 valence electrons. The number of aromatic hydroxyl groups is 1. The molecule has 0 saturated carbocycles. The zero-order chi connectivity index (χ0) is 13.9. The lowest BCUT2D eigenvalue weighted by Gasteiger charge is -2.17. The first-order valence-electron chi connectivity index (χ1n) is 4.78. The van der Waals surface area contributed by atoms with Crippen LogP contribution in [0.5, 0.6) is 17.2 Å². The molecule has 1 aromatic rings. The highest BCUT2D eigenvalue weighted by molar-refractivity contribution is 9.10. The molecule has 1 aromatic carbocycles. The number of hydrogen-bond acceptors (Lipinski definition) is 4. The molecule has 0 unspecified atom stereocenters. The fourth-order valence-electron chi connectivity index (χ4n) is 1.41. The predicted octanol–water partition coefficient (Wildman–Crippen LogP) is 1.99. The van der Waals surface area contributed by atoms with E-state index in [1.54, 1.807) is 0 Å². The number of nitrogens with two attached hydrogens (primary N) is 1. The van der Waals surface area contributed by atoms with E-state index < -0.39 is 6.03 Å². The Bertz CT molecular complexity index is 482. The van der Waals surface area contributed by atoms with Crippen molar-refractivity contribution < 1.29 is 19.4 Å². The Hall–Kier alpha value is -1.34. The number of halogens is 2. The van der Waals surface area contributed by atoms with Crippen LogP contribution in [0.25, 0.3) is 0 Å². The molecule has 8 heteroatoms. The predicted molar refractivity (Wildman–Crippen MR) is 70.3 cm³/mol. The number of urea groups is 1. The fraction of sp³-hybridized carbons (Fsp3) is 0.300. The van der Waals surface area contributed by atoms with E-state index in [9.17, 15) is 9.90 Å². The summed E-state index contributed by atoms with van der Waals surface area (Å²) >= 11 is 9.23. The molecule has 0 aromatic heterocycles. The number of benzene rings is 1. The number of phenolic OH excluding ortho intramolecular Hbond substituents is 1. The van der Waals surface area contributed by atoms with Crippen molar-refractivity contribution in [3.8, 4) is 17.2 Å². The largest absolute Gasteiger partial charge is 0.506 e. The van der Waals surface area contributed by atoms with Crippen molar-refractivity contribution in [2.75, 3.05) is 14.2 Å². The molecule has 2 amide bonds. The van der Waals surface area contributed by atoms with Crippen LogP contribution in [0.2, 0.25) is 5.02 Å². The maximum atomic E-state index is 10.7. The van der Waals surface area contributed by atoms with Gasteiger partial charge in [0.1, 0.15) is 21.0 Å². The fourth-order valence-corrected chi connectivity index (χ4v) is 2.49. The standard InChI is InChI=1S/C10H12BrClN2O4/c1-17-8-4(3-14-10(13)16)7(15)5(11)9(18-2)6(8)12/h15H,3H2,1-2H3,(H3,13,14,16). The van der Waals surface area contributed by atoms with Gasteiger partial charge in [-0.2, -0.15) is 0 Å². The first-order valence-corrected chi connectivity index (χ1v) is 5.95. The van der Waals surface area contributed by atoms with Crippen LogP contribution in [0.4, 0.5) is 4.79 Å². The van der Waals surface area contributed by atoms with Gasteiger partial charge in [0.15, 0.2) is 5.75 Å². The maximum absolute atomic E-state index is 10.7. The van der Waals surface area contributed by atoms with E-state index in [0.717, 1.165) is 0 Å². The van der Waals surface area contributed by atoms with Crippen molar-refractivity contribution >= 4 is 33.6 Å². The third-order valence-corrected chi connectivity index (χ3v) is 3.29. The Balaban J connectivity index is 3.36. The summed E-state index contributed by atoms with van der Waals surface area (Å²) in [5.74, 6) is 0.318. The van der Waals surface area contributed by atoms with Crippen LogP contribution < -0.4 is 20.5 Å². The third-order valence-electron chi connectivity index (χ3n) is 2.21. The Labute approximate surface area is 117 Å². The molecule has 6 nitrogen and oxygen atoms in total. The van der Waals surface area contributed by atoms with E-state index in [-0.39, 0.29) is 33.3 Å². The van der Waals surface area contributed by atoms with Crippen LogP contribution in [0.1, 0.15) is 5.56 Å². The number of phenols is 1. The van der Waals surface area contributed by atoms with Crippen LogP contribution >= 0.6 is 27.5 Å². The highest BCUT2D eigenvalue weighted by Crippen LogP contribution is 2.48. The number of methoxy groups -OCH3 is 2. The van der Waals surface area contributed by atoms with Crippen LogP contribution in [0.3, 0.4) is 0 Å². The summed E-state index contributed by atoms with van der Waals surface area (Å²) in [6.07, 6.45) is 0. The van der Waals surface area contributed by atoms with E-state index in [1.807, 2.05) is 0 Å². The summed E-state index contributed by atoms with van der Waals surface area (Å²) in [5.41, 5.74) is 5.27. The van der Waals surface area contributed by atoms with E-state index in [2.05, 4.69) is 21.2 Å². The zero-order valence-corrected chi connectivity index (χ0v) is 12.1. The second-order valence-electron chi connectivity index (χ2n) is 3.24. The van der Waals surface area contributed by atoms with Gasteiger partial charge < -0.3 is 25.6 Å². The Kier molecular flexibility index (Phi) is 4.92. The van der Waals surface area contributed by atoms with Crippen LogP contribution in [-0.2, 0) is 6.54 Å². The summed E-state index contributed by atoms with van der Waals surface area (Å²) in [7, 11) is 2.80. The molecule has 1 rings (SSSR count). The van der Waals surface area contributed by atoms with Crippen LogP contribution in [0.15, 0.2) is 4.47 Å². The summed E-state index contributed by atoms with van der Waals surface area (Å²) in [6, 6.07) is -0.723. The van der Waals surface area contributed by atoms with Crippen LogP contribution in [-0.4, -0.2) is 25.4 Å². The second-order valence-corrected chi connectivity index (χ2v) is 4.41. The molecular formula is C10H12BrClN2O4. The van der Waals surface area contributed by atoms with E-state index in [1.165, 1.54) is 14.2 Å². The van der Waals surface area contributed by atoms with Gasteiger partial charge >= 0.3 is 6.03 Å². The highest BCUT2D eigenvalue weighted by atomic mass is 79.9. The second kappa shape index (κ2) is 6.01. The minimum absolute atomic E-state index is 0.0212. The van der Waals surface area contributed by atoms with Gasteiger partial charge in [0, 0.05) is 0 Å². The molecule has 0 heterocycles. The van der Waals surface area contributed by atoms with Gasteiger partial charge in [0.2, 0.25) is 0 Å². The smallest absolute Gasteiger partial charge is 0.312 e. The first kappa shape index (κ1) is 14.7. The van der Waals surface area contributed by atoms with Crippen molar-refractivity contribution in [2.45, 2.75) is 6.54 Å². The van der Waals surface area contributed by atoms with Gasteiger partial charge in [-0.3, -0.25) is 0 Å². The summed E-state index contributed by atoms with van der Waals surface area (Å²) in [6.45, 7) is -0.0212. The molecule has 0 spiro atoms. The number of rotatable bonds is 4. The number of carbonyl (C=O) groups is 1. The van der Waals surface area contributed by atoms with Gasteiger partial charge in [-0.25, -0.2) is 4.79 Å². The molecule has 0 aliphatic heterocycles. The van der Waals surface area contributed by atoms with Crippen molar-refractivity contribution in [3.05, 3.63) is 15.1 Å². The molecular weight excluding hydrogens is 327 g/mol. The quantitative estimate of drug-likeness (QED) is 0.782.